The molecule has 0 radical (unpaired) electrons. The third kappa shape index (κ3) is 5.78. The Balaban J connectivity index is 1.06. The van der Waals surface area contributed by atoms with Crippen molar-refractivity contribution >= 4 is 22.7 Å². The van der Waals surface area contributed by atoms with Crippen LogP contribution in [0, 0.1) is 11.8 Å². The molecule has 2 heterocycles. The highest BCUT2D eigenvalue weighted by Crippen LogP contribution is 2.33. The number of rotatable bonds is 9. The first kappa shape index (κ1) is 23.7. The minimum absolute atomic E-state index is 0.333. The number of aromatic nitrogens is 2. The van der Waals surface area contributed by atoms with Crippen LogP contribution >= 0.6 is 0 Å². The molecule has 1 saturated carbocycles. The Hall–Kier alpha value is -3.06. The van der Waals surface area contributed by atoms with Crippen molar-refractivity contribution in [1.82, 2.24) is 15.3 Å². The molecule has 0 amide bonds. The van der Waals surface area contributed by atoms with Crippen LogP contribution in [0.4, 0.5) is 11.8 Å². The van der Waals surface area contributed by atoms with Gasteiger partial charge in [-0.15, -0.1) is 0 Å². The number of benzene rings is 2. The van der Waals surface area contributed by atoms with E-state index in [0.29, 0.717) is 18.8 Å². The summed E-state index contributed by atoms with van der Waals surface area (Å²) in [6.07, 6.45) is 5.82. The molecule has 3 aromatic rings. The van der Waals surface area contributed by atoms with Gasteiger partial charge in [0.2, 0.25) is 12.7 Å². The SMILES string of the molecule is CC(CNC[C@H]1CC[C@@H](Nc2nc(N(C)C)c3ccccc3n2)CC1)Cc1ccc2c(c1)OCO2. The van der Waals surface area contributed by atoms with Crippen LogP contribution in [0.25, 0.3) is 10.9 Å². The van der Waals surface area contributed by atoms with Gasteiger partial charge >= 0.3 is 0 Å². The summed E-state index contributed by atoms with van der Waals surface area (Å²) in [5.74, 6) is 4.75. The number of para-hydroxylation sites is 1. The summed E-state index contributed by atoms with van der Waals surface area (Å²) < 4.78 is 10.9. The van der Waals surface area contributed by atoms with E-state index in [1.54, 1.807) is 0 Å². The highest BCUT2D eigenvalue weighted by molar-refractivity contribution is 5.90. The van der Waals surface area contributed by atoms with Crippen molar-refractivity contribution in [2.45, 2.75) is 45.1 Å². The summed E-state index contributed by atoms with van der Waals surface area (Å²) in [5.41, 5.74) is 2.30. The van der Waals surface area contributed by atoms with E-state index in [4.69, 9.17) is 19.4 Å². The first-order valence-electron chi connectivity index (χ1n) is 12.8. The molecule has 5 rings (SSSR count). The maximum absolute atomic E-state index is 5.51. The predicted octanol–water partition coefficient (Wildman–Crippen LogP) is 4.86. The number of anilines is 2. The van der Waals surface area contributed by atoms with Crippen molar-refractivity contribution in [3.63, 3.8) is 0 Å². The lowest BCUT2D eigenvalue weighted by Gasteiger charge is -2.30. The molecule has 1 aliphatic heterocycles. The monoisotopic (exact) mass is 475 g/mol. The molecule has 35 heavy (non-hydrogen) atoms. The fourth-order valence-corrected chi connectivity index (χ4v) is 5.24. The third-order valence-corrected chi connectivity index (χ3v) is 7.13. The van der Waals surface area contributed by atoms with E-state index in [9.17, 15) is 0 Å². The summed E-state index contributed by atoms with van der Waals surface area (Å²) in [7, 11) is 4.07. The van der Waals surface area contributed by atoms with Gasteiger partial charge in [-0.2, -0.15) is 4.98 Å². The van der Waals surface area contributed by atoms with Gasteiger partial charge in [-0.1, -0.05) is 25.1 Å². The van der Waals surface area contributed by atoms with Gasteiger partial charge in [-0.3, -0.25) is 0 Å². The smallest absolute Gasteiger partial charge is 0.231 e. The Labute approximate surface area is 208 Å². The maximum Gasteiger partial charge on any atom is 0.231 e. The number of nitrogens with zero attached hydrogens (tertiary/aromatic N) is 3. The van der Waals surface area contributed by atoms with Crippen molar-refractivity contribution in [3.8, 4) is 11.5 Å². The molecule has 2 aromatic carbocycles. The van der Waals surface area contributed by atoms with Gasteiger partial charge in [0.1, 0.15) is 5.82 Å². The molecular formula is C28H37N5O2. The van der Waals surface area contributed by atoms with E-state index in [2.05, 4.69) is 46.7 Å². The molecule has 0 spiro atoms. The summed E-state index contributed by atoms with van der Waals surface area (Å²) in [6.45, 7) is 4.77. The number of nitrogens with one attached hydrogen (secondary N) is 2. The average molecular weight is 476 g/mol. The molecule has 186 valence electrons. The number of ether oxygens (including phenoxy) is 2. The molecule has 7 nitrogen and oxygen atoms in total. The Morgan fingerprint density at radius 2 is 1.80 bits per heavy atom. The van der Waals surface area contributed by atoms with Crippen molar-refractivity contribution in [2.24, 2.45) is 11.8 Å². The van der Waals surface area contributed by atoms with E-state index in [1.807, 2.05) is 32.3 Å². The van der Waals surface area contributed by atoms with Crippen LogP contribution in [0.3, 0.4) is 0 Å². The van der Waals surface area contributed by atoms with Crippen molar-refractivity contribution in [2.75, 3.05) is 44.2 Å². The molecule has 1 atom stereocenters. The summed E-state index contributed by atoms with van der Waals surface area (Å²) >= 11 is 0. The molecule has 1 unspecified atom stereocenters. The normalized spacial score (nSPS) is 20.1. The average Bonchev–Trinajstić information content (AvgIpc) is 3.32. The van der Waals surface area contributed by atoms with E-state index in [0.717, 1.165) is 72.4 Å². The Kier molecular flexibility index (Phi) is 7.23. The van der Waals surface area contributed by atoms with Crippen molar-refractivity contribution < 1.29 is 9.47 Å². The minimum Gasteiger partial charge on any atom is -0.454 e. The zero-order chi connectivity index (χ0) is 24.2. The first-order chi connectivity index (χ1) is 17.0. The van der Waals surface area contributed by atoms with Crippen LogP contribution in [-0.2, 0) is 6.42 Å². The molecule has 2 aliphatic rings. The summed E-state index contributed by atoms with van der Waals surface area (Å²) in [5, 5.41) is 8.43. The molecule has 1 aromatic heterocycles. The van der Waals surface area contributed by atoms with E-state index in [1.165, 1.54) is 18.4 Å². The van der Waals surface area contributed by atoms with Gasteiger partial charge in [0.25, 0.3) is 0 Å². The van der Waals surface area contributed by atoms with Crippen molar-refractivity contribution in [3.05, 3.63) is 48.0 Å². The van der Waals surface area contributed by atoms with Crippen molar-refractivity contribution in [1.29, 1.82) is 0 Å². The number of fused-ring (bicyclic) bond motifs is 2. The van der Waals surface area contributed by atoms with Gasteiger partial charge in [0, 0.05) is 25.5 Å². The lowest BCUT2D eigenvalue weighted by Crippen LogP contribution is -2.33. The molecule has 1 aliphatic carbocycles. The van der Waals surface area contributed by atoms with Crippen LogP contribution in [0.1, 0.15) is 38.2 Å². The minimum atomic E-state index is 0.333. The van der Waals surface area contributed by atoms with E-state index < -0.39 is 0 Å². The van der Waals surface area contributed by atoms with Gasteiger partial charge in [-0.05, 0) is 86.9 Å². The van der Waals surface area contributed by atoms with Gasteiger partial charge in [-0.25, -0.2) is 4.98 Å². The first-order valence-corrected chi connectivity index (χ1v) is 12.8. The second-order valence-corrected chi connectivity index (χ2v) is 10.3. The second-order valence-electron chi connectivity index (χ2n) is 10.3. The highest BCUT2D eigenvalue weighted by atomic mass is 16.7. The van der Waals surface area contributed by atoms with E-state index in [-0.39, 0.29) is 0 Å². The van der Waals surface area contributed by atoms with Crippen LogP contribution in [-0.4, -0.2) is 50.0 Å². The molecule has 2 N–H and O–H groups in total. The summed E-state index contributed by atoms with van der Waals surface area (Å²) in [4.78, 5) is 11.7. The molecular weight excluding hydrogens is 438 g/mol. The molecule has 0 saturated heterocycles. The molecule has 7 heteroatoms. The van der Waals surface area contributed by atoms with Crippen LogP contribution in [0.2, 0.25) is 0 Å². The third-order valence-electron chi connectivity index (χ3n) is 7.13. The quantitative estimate of drug-likeness (QED) is 0.458. The Morgan fingerprint density at radius 1 is 1.00 bits per heavy atom. The Morgan fingerprint density at radius 3 is 2.63 bits per heavy atom. The molecule has 1 fully saturated rings. The van der Waals surface area contributed by atoms with E-state index >= 15 is 0 Å². The van der Waals surface area contributed by atoms with Crippen LogP contribution in [0.15, 0.2) is 42.5 Å². The van der Waals surface area contributed by atoms with Gasteiger partial charge in [0.05, 0.1) is 5.52 Å². The van der Waals surface area contributed by atoms with Gasteiger partial charge in [0.15, 0.2) is 11.5 Å². The van der Waals surface area contributed by atoms with Crippen LogP contribution in [0.5, 0.6) is 11.5 Å². The lowest BCUT2D eigenvalue weighted by molar-refractivity contribution is 0.174. The number of hydrogen-bond donors (Lipinski definition) is 2. The zero-order valence-electron chi connectivity index (χ0n) is 21.1. The number of hydrogen-bond acceptors (Lipinski definition) is 7. The lowest BCUT2D eigenvalue weighted by atomic mass is 9.86. The summed E-state index contributed by atoms with van der Waals surface area (Å²) in [6, 6.07) is 15.0. The Bertz CT molecular complexity index is 1140. The second kappa shape index (κ2) is 10.7. The topological polar surface area (TPSA) is 71.5 Å². The van der Waals surface area contributed by atoms with Crippen LogP contribution < -0.4 is 25.0 Å². The fraction of sp³-hybridized carbons (Fsp3) is 0.500. The largest absolute Gasteiger partial charge is 0.454 e. The standard InChI is InChI=1S/C28H37N5O2/c1-19(14-21-10-13-25-26(15-21)35-18-34-25)16-29-17-20-8-11-22(12-9-20)30-28-31-24-7-5-4-6-23(24)27(32-28)33(2)3/h4-7,10,13,15,19-20,22,29H,8-9,11-12,14,16-18H2,1-3H3,(H,30,31,32)/t19?,20-,22+. The maximum atomic E-state index is 5.51. The molecule has 0 bridgehead atoms. The van der Waals surface area contributed by atoms with Gasteiger partial charge < -0.3 is 25.0 Å². The highest BCUT2D eigenvalue weighted by Gasteiger charge is 2.22. The fourth-order valence-electron chi connectivity index (χ4n) is 5.24. The predicted molar refractivity (Wildman–Crippen MR) is 142 cm³/mol. The zero-order valence-corrected chi connectivity index (χ0v) is 21.1.